The molecule has 0 aliphatic heterocycles. The van der Waals surface area contributed by atoms with E-state index in [0.717, 1.165) is 17.8 Å². The average Bonchev–Trinajstić information content (AvgIpc) is 2.73. The second kappa shape index (κ2) is 6.12. The van der Waals surface area contributed by atoms with Crippen molar-refractivity contribution < 1.29 is 4.79 Å². The zero-order chi connectivity index (χ0) is 12.9. The van der Waals surface area contributed by atoms with Crippen molar-refractivity contribution in [1.82, 2.24) is 10.3 Å². The van der Waals surface area contributed by atoms with E-state index in [4.69, 9.17) is 5.73 Å². The van der Waals surface area contributed by atoms with Crippen LogP contribution in [0.2, 0.25) is 0 Å². The third-order valence-electron chi connectivity index (χ3n) is 2.64. The smallest absolute Gasteiger partial charge is 0.240 e. The van der Waals surface area contributed by atoms with Gasteiger partial charge in [0.25, 0.3) is 0 Å². The molecule has 0 spiro atoms. The van der Waals surface area contributed by atoms with Gasteiger partial charge in [0.05, 0.1) is 12.1 Å². The molecule has 1 atom stereocenters. The zero-order valence-electron chi connectivity index (χ0n) is 10.7. The number of carbonyl (C=O) groups is 1. The molecule has 0 radical (unpaired) electrons. The lowest BCUT2D eigenvalue weighted by atomic mass is 9.97. The molecule has 17 heavy (non-hydrogen) atoms. The molecule has 1 heterocycles. The number of rotatable bonds is 6. The van der Waals surface area contributed by atoms with Crippen LogP contribution in [0, 0.1) is 0 Å². The summed E-state index contributed by atoms with van der Waals surface area (Å²) >= 11 is 1.63. The summed E-state index contributed by atoms with van der Waals surface area (Å²) in [7, 11) is 0. The van der Waals surface area contributed by atoms with Crippen LogP contribution < -0.4 is 11.1 Å². The minimum absolute atomic E-state index is 0.104. The van der Waals surface area contributed by atoms with Crippen molar-refractivity contribution in [2.24, 2.45) is 5.73 Å². The monoisotopic (exact) mass is 255 g/mol. The molecule has 0 aromatic carbocycles. The predicted molar refractivity (Wildman–Crippen MR) is 70.8 cm³/mol. The van der Waals surface area contributed by atoms with Gasteiger partial charge in [-0.1, -0.05) is 20.3 Å². The van der Waals surface area contributed by atoms with Gasteiger partial charge in [0.2, 0.25) is 5.91 Å². The Bertz CT molecular complexity index is 374. The standard InChI is InChI=1S/C12H21N3OS/c1-4-6-12(3,13)11(16)15-8-10-14-7-9(5-2)17-10/h7H,4-6,8,13H2,1-3H3,(H,15,16). The predicted octanol–water partition coefficient (Wildman–Crippen LogP) is 1.84. The Morgan fingerprint density at radius 2 is 2.29 bits per heavy atom. The fraction of sp³-hybridized carbons (Fsp3) is 0.667. The van der Waals surface area contributed by atoms with Crippen LogP contribution >= 0.6 is 11.3 Å². The molecular formula is C12H21N3OS. The van der Waals surface area contributed by atoms with E-state index in [1.165, 1.54) is 4.88 Å². The molecule has 96 valence electrons. The Balaban J connectivity index is 2.47. The normalized spacial score (nSPS) is 14.4. The summed E-state index contributed by atoms with van der Waals surface area (Å²) in [4.78, 5) is 17.3. The minimum atomic E-state index is -0.778. The number of amides is 1. The molecule has 0 fully saturated rings. The maximum atomic E-state index is 11.8. The lowest BCUT2D eigenvalue weighted by Crippen LogP contribution is -2.51. The number of nitrogens with one attached hydrogen (secondary N) is 1. The summed E-state index contributed by atoms with van der Waals surface area (Å²) in [6.45, 7) is 6.35. The van der Waals surface area contributed by atoms with Crippen molar-refractivity contribution in [2.75, 3.05) is 0 Å². The number of carbonyl (C=O) groups excluding carboxylic acids is 1. The first kappa shape index (κ1) is 14.1. The second-order valence-corrected chi connectivity index (χ2v) is 5.62. The largest absolute Gasteiger partial charge is 0.348 e. The molecular weight excluding hydrogens is 234 g/mol. The van der Waals surface area contributed by atoms with Gasteiger partial charge in [-0.15, -0.1) is 11.3 Å². The lowest BCUT2D eigenvalue weighted by molar-refractivity contribution is -0.126. The molecule has 3 N–H and O–H groups in total. The van der Waals surface area contributed by atoms with E-state index < -0.39 is 5.54 Å². The topological polar surface area (TPSA) is 68.0 Å². The molecule has 1 rings (SSSR count). The van der Waals surface area contributed by atoms with Crippen LogP contribution in [-0.4, -0.2) is 16.4 Å². The number of hydrogen-bond donors (Lipinski definition) is 2. The molecule has 5 heteroatoms. The summed E-state index contributed by atoms with van der Waals surface area (Å²) in [5.41, 5.74) is 5.16. The SMILES string of the molecule is CCCC(C)(N)C(=O)NCc1ncc(CC)s1. The molecule has 0 saturated carbocycles. The van der Waals surface area contributed by atoms with Gasteiger partial charge < -0.3 is 11.1 Å². The Morgan fingerprint density at radius 3 is 2.82 bits per heavy atom. The van der Waals surface area contributed by atoms with Gasteiger partial charge in [0, 0.05) is 11.1 Å². The quantitative estimate of drug-likeness (QED) is 0.815. The zero-order valence-corrected chi connectivity index (χ0v) is 11.6. The fourth-order valence-corrected chi connectivity index (χ4v) is 2.39. The molecule has 0 aliphatic rings. The third kappa shape index (κ3) is 4.09. The number of thiazole rings is 1. The first-order valence-corrected chi connectivity index (χ1v) is 6.82. The van der Waals surface area contributed by atoms with Gasteiger partial charge in [-0.25, -0.2) is 4.98 Å². The summed E-state index contributed by atoms with van der Waals surface area (Å²) in [6, 6.07) is 0. The molecule has 1 amide bonds. The molecule has 1 aromatic heterocycles. The van der Waals surface area contributed by atoms with Crippen LogP contribution in [0.5, 0.6) is 0 Å². The van der Waals surface area contributed by atoms with Crippen molar-refractivity contribution in [2.45, 2.75) is 52.1 Å². The van der Waals surface area contributed by atoms with Crippen LogP contribution in [0.1, 0.15) is 43.5 Å². The maximum Gasteiger partial charge on any atom is 0.240 e. The van der Waals surface area contributed by atoms with Gasteiger partial charge in [-0.3, -0.25) is 4.79 Å². The van der Waals surface area contributed by atoms with E-state index in [9.17, 15) is 4.79 Å². The molecule has 0 aliphatic carbocycles. The highest BCUT2D eigenvalue weighted by Crippen LogP contribution is 2.14. The van der Waals surface area contributed by atoms with Crippen LogP contribution in [0.4, 0.5) is 0 Å². The van der Waals surface area contributed by atoms with E-state index in [0.29, 0.717) is 13.0 Å². The molecule has 0 saturated heterocycles. The number of hydrogen-bond acceptors (Lipinski definition) is 4. The summed E-state index contributed by atoms with van der Waals surface area (Å²) < 4.78 is 0. The van der Waals surface area contributed by atoms with Crippen molar-refractivity contribution in [1.29, 1.82) is 0 Å². The van der Waals surface area contributed by atoms with Crippen molar-refractivity contribution in [3.63, 3.8) is 0 Å². The highest BCUT2D eigenvalue weighted by molar-refractivity contribution is 7.11. The third-order valence-corrected chi connectivity index (χ3v) is 3.78. The molecule has 0 bridgehead atoms. The summed E-state index contributed by atoms with van der Waals surface area (Å²) in [5, 5.41) is 3.78. The number of nitrogens with two attached hydrogens (primary N) is 1. The Morgan fingerprint density at radius 1 is 1.59 bits per heavy atom. The number of aryl methyl sites for hydroxylation is 1. The summed E-state index contributed by atoms with van der Waals surface area (Å²) in [5.74, 6) is -0.104. The average molecular weight is 255 g/mol. The first-order chi connectivity index (χ1) is 7.99. The van der Waals surface area contributed by atoms with Gasteiger partial charge >= 0.3 is 0 Å². The second-order valence-electron chi connectivity index (χ2n) is 4.42. The fourth-order valence-electron chi connectivity index (χ4n) is 1.58. The Hall–Kier alpha value is -0.940. The van der Waals surface area contributed by atoms with Crippen LogP contribution in [0.15, 0.2) is 6.20 Å². The molecule has 1 unspecified atom stereocenters. The van der Waals surface area contributed by atoms with E-state index in [1.807, 2.05) is 13.1 Å². The van der Waals surface area contributed by atoms with Crippen LogP contribution in [0.25, 0.3) is 0 Å². The van der Waals surface area contributed by atoms with Crippen molar-refractivity contribution >= 4 is 17.2 Å². The Labute approximate surface area is 107 Å². The van der Waals surface area contributed by atoms with Gasteiger partial charge in [0.1, 0.15) is 5.01 Å². The minimum Gasteiger partial charge on any atom is -0.348 e. The molecule has 1 aromatic rings. The van der Waals surface area contributed by atoms with Crippen molar-refractivity contribution in [3.8, 4) is 0 Å². The van der Waals surface area contributed by atoms with Crippen LogP contribution in [-0.2, 0) is 17.8 Å². The molecule has 4 nitrogen and oxygen atoms in total. The summed E-state index contributed by atoms with van der Waals surface area (Å²) in [6.07, 6.45) is 4.43. The van der Waals surface area contributed by atoms with Gasteiger partial charge in [0.15, 0.2) is 0 Å². The van der Waals surface area contributed by atoms with E-state index >= 15 is 0 Å². The highest BCUT2D eigenvalue weighted by atomic mass is 32.1. The van der Waals surface area contributed by atoms with E-state index in [2.05, 4.69) is 17.2 Å². The number of nitrogens with zero attached hydrogens (tertiary/aromatic N) is 1. The van der Waals surface area contributed by atoms with Gasteiger partial charge in [-0.2, -0.15) is 0 Å². The maximum absolute atomic E-state index is 11.8. The van der Waals surface area contributed by atoms with Gasteiger partial charge in [-0.05, 0) is 19.8 Å². The van der Waals surface area contributed by atoms with Crippen molar-refractivity contribution in [3.05, 3.63) is 16.1 Å². The van der Waals surface area contributed by atoms with E-state index in [-0.39, 0.29) is 5.91 Å². The number of aromatic nitrogens is 1. The lowest BCUT2D eigenvalue weighted by Gasteiger charge is -2.22. The first-order valence-electron chi connectivity index (χ1n) is 6.00. The van der Waals surface area contributed by atoms with E-state index in [1.54, 1.807) is 18.3 Å². The van der Waals surface area contributed by atoms with Crippen LogP contribution in [0.3, 0.4) is 0 Å². The highest BCUT2D eigenvalue weighted by Gasteiger charge is 2.26. The Kier molecular flexibility index (Phi) is 5.08.